The lowest BCUT2D eigenvalue weighted by atomic mass is 10.1. The number of anilines is 1. The standard InChI is InChI=1S/C8H5BrF3NO/c9-6-2-5(8(10,11)12)1-4(3-14)7(6)13/h1-3H,13H2. The number of aldehydes is 1. The molecule has 0 unspecified atom stereocenters. The molecule has 0 amide bonds. The predicted octanol–water partition coefficient (Wildman–Crippen LogP) is 2.86. The number of rotatable bonds is 1. The summed E-state index contributed by atoms with van der Waals surface area (Å²) in [5, 5.41) is 0. The number of alkyl halides is 3. The third-order valence-electron chi connectivity index (χ3n) is 1.62. The Morgan fingerprint density at radius 2 is 1.93 bits per heavy atom. The molecule has 1 aromatic carbocycles. The molecule has 0 aliphatic rings. The SMILES string of the molecule is Nc1c(Br)cc(C(F)(F)F)cc1C=O. The van der Waals surface area contributed by atoms with E-state index in [0.717, 1.165) is 6.07 Å². The van der Waals surface area contributed by atoms with Gasteiger partial charge in [-0.2, -0.15) is 13.2 Å². The first-order valence-electron chi connectivity index (χ1n) is 3.47. The monoisotopic (exact) mass is 267 g/mol. The maximum absolute atomic E-state index is 12.2. The van der Waals surface area contributed by atoms with Gasteiger partial charge in [0.2, 0.25) is 0 Å². The molecule has 1 aromatic rings. The third-order valence-corrected chi connectivity index (χ3v) is 2.27. The van der Waals surface area contributed by atoms with Crippen LogP contribution in [0, 0.1) is 0 Å². The molecule has 0 bridgehead atoms. The fourth-order valence-electron chi connectivity index (χ4n) is 0.900. The number of benzene rings is 1. The highest BCUT2D eigenvalue weighted by molar-refractivity contribution is 9.10. The van der Waals surface area contributed by atoms with Gasteiger partial charge in [0.15, 0.2) is 6.29 Å². The average Bonchev–Trinajstić information content (AvgIpc) is 2.07. The molecule has 76 valence electrons. The molecule has 0 heterocycles. The molecule has 2 nitrogen and oxygen atoms in total. The minimum atomic E-state index is -4.48. The van der Waals surface area contributed by atoms with Crippen molar-refractivity contribution >= 4 is 27.9 Å². The van der Waals surface area contributed by atoms with Crippen molar-refractivity contribution < 1.29 is 18.0 Å². The third kappa shape index (κ3) is 2.06. The van der Waals surface area contributed by atoms with Crippen molar-refractivity contribution in [3.8, 4) is 0 Å². The summed E-state index contributed by atoms with van der Waals surface area (Å²) in [6.07, 6.45) is -4.19. The van der Waals surface area contributed by atoms with Gasteiger partial charge in [0.05, 0.1) is 11.3 Å². The van der Waals surface area contributed by atoms with Gasteiger partial charge in [-0.25, -0.2) is 0 Å². The van der Waals surface area contributed by atoms with Gasteiger partial charge in [-0.15, -0.1) is 0 Å². The van der Waals surface area contributed by atoms with Gasteiger partial charge >= 0.3 is 6.18 Å². The summed E-state index contributed by atoms with van der Waals surface area (Å²) in [4.78, 5) is 10.4. The quantitative estimate of drug-likeness (QED) is 0.628. The minimum absolute atomic E-state index is 0.00741. The molecule has 0 spiro atoms. The number of halogens is 4. The highest BCUT2D eigenvalue weighted by Gasteiger charge is 2.31. The van der Waals surface area contributed by atoms with Crippen molar-refractivity contribution in [2.75, 3.05) is 5.73 Å². The van der Waals surface area contributed by atoms with Crippen LogP contribution in [-0.2, 0) is 6.18 Å². The van der Waals surface area contributed by atoms with Crippen molar-refractivity contribution in [1.82, 2.24) is 0 Å². The van der Waals surface area contributed by atoms with Crippen molar-refractivity contribution in [3.05, 3.63) is 27.7 Å². The first-order valence-corrected chi connectivity index (χ1v) is 4.27. The Bertz CT molecular complexity index is 376. The summed E-state index contributed by atoms with van der Waals surface area (Å²) < 4.78 is 36.8. The highest BCUT2D eigenvalue weighted by Crippen LogP contribution is 2.34. The van der Waals surface area contributed by atoms with Gasteiger partial charge in [-0.3, -0.25) is 4.79 Å². The second-order valence-electron chi connectivity index (χ2n) is 2.58. The van der Waals surface area contributed by atoms with Gasteiger partial charge in [0.25, 0.3) is 0 Å². The van der Waals surface area contributed by atoms with Crippen LogP contribution in [-0.4, -0.2) is 6.29 Å². The van der Waals surface area contributed by atoms with Gasteiger partial charge in [-0.1, -0.05) is 0 Å². The Hall–Kier alpha value is -1.04. The zero-order valence-corrected chi connectivity index (χ0v) is 8.32. The van der Waals surface area contributed by atoms with Crippen LogP contribution >= 0.6 is 15.9 Å². The largest absolute Gasteiger partial charge is 0.416 e. The normalized spacial score (nSPS) is 11.4. The van der Waals surface area contributed by atoms with E-state index >= 15 is 0 Å². The molecule has 0 atom stereocenters. The molecule has 0 fully saturated rings. The van der Waals surface area contributed by atoms with Gasteiger partial charge in [-0.05, 0) is 28.1 Å². The highest BCUT2D eigenvalue weighted by atomic mass is 79.9. The van der Waals surface area contributed by atoms with E-state index in [0.29, 0.717) is 6.07 Å². The average molecular weight is 268 g/mol. The maximum atomic E-state index is 12.2. The summed E-state index contributed by atoms with van der Waals surface area (Å²) in [6.45, 7) is 0. The van der Waals surface area contributed by atoms with Gasteiger partial charge in [0, 0.05) is 10.0 Å². The Morgan fingerprint density at radius 1 is 1.36 bits per heavy atom. The number of hydrogen-bond acceptors (Lipinski definition) is 2. The molecular formula is C8H5BrF3NO. The molecule has 0 saturated carbocycles. The summed E-state index contributed by atoms with van der Waals surface area (Å²) >= 11 is 2.85. The van der Waals surface area contributed by atoms with Crippen LogP contribution in [0.3, 0.4) is 0 Å². The molecule has 0 aliphatic carbocycles. The van der Waals surface area contributed by atoms with E-state index in [1.807, 2.05) is 0 Å². The smallest absolute Gasteiger partial charge is 0.397 e. The molecule has 0 aliphatic heterocycles. The Balaban J connectivity index is 3.37. The fraction of sp³-hybridized carbons (Fsp3) is 0.125. The molecule has 2 N–H and O–H groups in total. The van der Waals surface area contributed by atoms with E-state index in [1.165, 1.54) is 0 Å². The fourth-order valence-corrected chi connectivity index (χ4v) is 1.38. The van der Waals surface area contributed by atoms with E-state index in [1.54, 1.807) is 0 Å². The van der Waals surface area contributed by atoms with Crippen LogP contribution in [0.5, 0.6) is 0 Å². The second-order valence-corrected chi connectivity index (χ2v) is 3.43. The number of carbonyl (C=O) groups is 1. The van der Waals surface area contributed by atoms with E-state index in [4.69, 9.17) is 5.73 Å². The molecule has 6 heteroatoms. The maximum Gasteiger partial charge on any atom is 0.416 e. The van der Waals surface area contributed by atoms with E-state index in [2.05, 4.69) is 15.9 Å². The molecule has 14 heavy (non-hydrogen) atoms. The summed E-state index contributed by atoms with van der Waals surface area (Å²) in [5.41, 5.74) is 4.29. The van der Waals surface area contributed by atoms with Crippen LogP contribution in [0.4, 0.5) is 18.9 Å². The molecular weight excluding hydrogens is 263 g/mol. The summed E-state index contributed by atoms with van der Waals surface area (Å²) in [7, 11) is 0. The zero-order valence-electron chi connectivity index (χ0n) is 6.73. The number of carbonyl (C=O) groups excluding carboxylic acids is 1. The first-order chi connectivity index (χ1) is 6.36. The van der Waals surface area contributed by atoms with Crippen molar-refractivity contribution in [3.63, 3.8) is 0 Å². The van der Waals surface area contributed by atoms with Crippen LogP contribution in [0.25, 0.3) is 0 Å². The lowest BCUT2D eigenvalue weighted by Gasteiger charge is -2.09. The van der Waals surface area contributed by atoms with Gasteiger partial charge in [0.1, 0.15) is 0 Å². The zero-order chi connectivity index (χ0) is 10.9. The predicted molar refractivity (Wildman–Crippen MR) is 48.9 cm³/mol. The van der Waals surface area contributed by atoms with Crippen molar-refractivity contribution in [2.45, 2.75) is 6.18 Å². The summed E-state index contributed by atoms with van der Waals surface area (Å²) in [6, 6.07) is 1.55. The second kappa shape index (κ2) is 3.61. The number of nitrogens with two attached hydrogens (primary N) is 1. The lowest BCUT2D eigenvalue weighted by Crippen LogP contribution is -2.07. The van der Waals surface area contributed by atoms with Crippen molar-refractivity contribution in [1.29, 1.82) is 0 Å². The molecule has 0 aromatic heterocycles. The number of hydrogen-bond donors (Lipinski definition) is 1. The topological polar surface area (TPSA) is 43.1 Å². The van der Waals surface area contributed by atoms with E-state index in [-0.39, 0.29) is 22.0 Å². The van der Waals surface area contributed by atoms with Gasteiger partial charge < -0.3 is 5.73 Å². The van der Waals surface area contributed by atoms with Crippen LogP contribution in [0.2, 0.25) is 0 Å². The Kier molecular flexibility index (Phi) is 2.84. The van der Waals surface area contributed by atoms with Crippen LogP contribution in [0.15, 0.2) is 16.6 Å². The molecule has 1 rings (SSSR count). The number of nitrogen functional groups attached to an aromatic ring is 1. The Labute approximate surface area is 86.0 Å². The van der Waals surface area contributed by atoms with Crippen LogP contribution < -0.4 is 5.73 Å². The van der Waals surface area contributed by atoms with Crippen LogP contribution in [0.1, 0.15) is 15.9 Å². The summed E-state index contributed by atoms with van der Waals surface area (Å²) in [5.74, 6) is 0. The molecule has 0 radical (unpaired) electrons. The van der Waals surface area contributed by atoms with Crippen molar-refractivity contribution in [2.24, 2.45) is 0 Å². The van der Waals surface area contributed by atoms with E-state index < -0.39 is 11.7 Å². The van der Waals surface area contributed by atoms with E-state index in [9.17, 15) is 18.0 Å². The Morgan fingerprint density at radius 3 is 2.36 bits per heavy atom. The minimum Gasteiger partial charge on any atom is -0.397 e. The molecule has 0 saturated heterocycles. The lowest BCUT2D eigenvalue weighted by molar-refractivity contribution is -0.137. The first kappa shape index (κ1) is 11.0.